The van der Waals surface area contributed by atoms with Crippen LogP contribution in [0.3, 0.4) is 0 Å². The fraction of sp³-hybridized carbons (Fsp3) is 0.375. The quantitative estimate of drug-likeness (QED) is 0.790. The molecule has 0 aliphatic heterocycles. The number of ether oxygens (including phenoxy) is 1. The molecule has 2 aromatic rings. The summed E-state index contributed by atoms with van der Waals surface area (Å²) in [6.07, 6.45) is 2.60. The lowest BCUT2D eigenvalue weighted by molar-refractivity contribution is 0.304. The van der Waals surface area contributed by atoms with Crippen molar-refractivity contribution in [2.45, 2.75) is 39.0 Å². The average Bonchev–Trinajstić information content (AvgIpc) is 3.17. The van der Waals surface area contributed by atoms with Crippen LogP contribution < -0.4 is 10.1 Å². The van der Waals surface area contributed by atoms with Crippen molar-refractivity contribution < 1.29 is 9.13 Å². The third-order valence-corrected chi connectivity index (χ3v) is 4.99. The van der Waals surface area contributed by atoms with E-state index in [1.807, 2.05) is 0 Å². The summed E-state index contributed by atoms with van der Waals surface area (Å²) in [5, 5.41) is 3.52. The molecule has 3 rings (SSSR count). The molecule has 0 saturated heterocycles. The molecule has 1 aromatic carbocycles. The van der Waals surface area contributed by atoms with Crippen molar-refractivity contribution in [3.63, 3.8) is 0 Å². The molecule has 112 valence electrons. The fourth-order valence-electron chi connectivity index (χ4n) is 2.12. The fourth-order valence-corrected chi connectivity index (χ4v) is 3.57. The van der Waals surface area contributed by atoms with Gasteiger partial charge in [0, 0.05) is 38.4 Å². The molecule has 1 heterocycles. The molecule has 1 saturated carbocycles. The Bertz CT molecular complexity index is 619. The van der Waals surface area contributed by atoms with Crippen LogP contribution in [0.2, 0.25) is 0 Å². The Morgan fingerprint density at radius 1 is 1.33 bits per heavy atom. The molecule has 5 heteroatoms. The lowest BCUT2D eigenvalue weighted by Gasteiger charge is -2.06. The largest absolute Gasteiger partial charge is 0.489 e. The zero-order valence-corrected chi connectivity index (χ0v) is 14.2. The monoisotopic (exact) mass is 369 g/mol. The summed E-state index contributed by atoms with van der Waals surface area (Å²) in [5.74, 6) is 0.251. The minimum atomic E-state index is -0.296. The predicted octanol–water partition coefficient (Wildman–Crippen LogP) is 4.79. The zero-order valence-electron chi connectivity index (χ0n) is 11.8. The number of nitrogens with one attached hydrogen (secondary N) is 1. The van der Waals surface area contributed by atoms with Gasteiger partial charge in [0.05, 0.1) is 0 Å². The van der Waals surface area contributed by atoms with Gasteiger partial charge in [-0.05, 0) is 38.0 Å². The molecule has 0 atom stereocenters. The third-order valence-electron chi connectivity index (χ3n) is 3.44. The Morgan fingerprint density at radius 3 is 2.86 bits per heavy atom. The predicted molar refractivity (Wildman–Crippen MR) is 87.3 cm³/mol. The average molecular weight is 370 g/mol. The van der Waals surface area contributed by atoms with Gasteiger partial charge in [-0.2, -0.15) is 0 Å². The summed E-state index contributed by atoms with van der Waals surface area (Å²) in [7, 11) is 0. The lowest BCUT2D eigenvalue weighted by Crippen LogP contribution is -2.14. The van der Waals surface area contributed by atoms with Crippen molar-refractivity contribution in [2.75, 3.05) is 0 Å². The maximum absolute atomic E-state index is 13.3. The number of thiophene rings is 1. The van der Waals surface area contributed by atoms with Gasteiger partial charge in [0.15, 0.2) is 0 Å². The number of benzene rings is 1. The van der Waals surface area contributed by atoms with Crippen molar-refractivity contribution in [1.82, 2.24) is 5.32 Å². The van der Waals surface area contributed by atoms with E-state index < -0.39 is 0 Å². The van der Waals surface area contributed by atoms with E-state index in [1.165, 1.54) is 40.3 Å². The van der Waals surface area contributed by atoms with E-state index in [1.54, 1.807) is 17.4 Å². The van der Waals surface area contributed by atoms with Gasteiger partial charge in [-0.25, -0.2) is 4.39 Å². The van der Waals surface area contributed by atoms with Gasteiger partial charge < -0.3 is 10.1 Å². The first kappa shape index (κ1) is 15.0. The van der Waals surface area contributed by atoms with Crippen LogP contribution in [0.25, 0.3) is 0 Å². The summed E-state index contributed by atoms with van der Waals surface area (Å²) >= 11 is 5.07. The first-order valence-electron chi connectivity index (χ1n) is 7.00. The molecule has 1 aromatic heterocycles. The van der Waals surface area contributed by atoms with E-state index in [2.05, 4.69) is 34.2 Å². The molecule has 0 spiro atoms. The highest BCUT2D eigenvalue weighted by Gasteiger charge is 2.20. The van der Waals surface area contributed by atoms with E-state index in [0.717, 1.165) is 12.6 Å². The summed E-state index contributed by atoms with van der Waals surface area (Å²) in [4.78, 5) is 2.59. The molecular formula is C16H17BrFNOS. The summed E-state index contributed by atoms with van der Waals surface area (Å²) in [6, 6.07) is 7.51. The van der Waals surface area contributed by atoms with Crippen LogP contribution in [0.5, 0.6) is 5.75 Å². The molecule has 1 fully saturated rings. The van der Waals surface area contributed by atoms with Crippen molar-refractivity contribution in [2.24, 2.45) is 0 Å². The molecule has 0 unspecified atom stereocenters. The standard InChI is InChI=1S/C16H17BrFNOS/c1-10-11(4-16(21-10)8-19-14-2-3-14)9-20-15-6-12(17)5-13(18)7-15/h4-7,14,19H,2-3,8-9H2,1H3. The minimum absolute atomic E-state index is 0.296. The highest BCUT2D eigenvalue weighted by Crippen LogP contribution is 2.26. The SMILES string of the molecule is Cc1sc(CNC2CC2)cc1COc1cc(F)cc(Br)c1. The third kappa shape index (κ3) is 4.28. The van der Waals surface area contributed by atoms with E-state index in [4.69, 9.17) is 4.74 Å². The molecule has 0 amide bonds. The highest BCUT2D eigenvalue weighted by molar-refractivity contribution is 9.10. The normalized spacial score (nSPS) is 14.4. The van der Waals surface area contributed by atoms with Crippen LogP contribution in [0, 0.1) is 12.7 Å². The number of halogens is 2. The molecular weight excluding hydrogens is 353 g/mol. The molecule has 0 radical (unpaired) electrons. The topological polar surface area (TPSA) is 21.3 Å². The van der Waals surface area contributed by atoms with E-state index >= 15 is 0 Å². The van der Waals surface area contributed by atoms with Gasteiger partial charge in [-0.15, -0.1) is 11.3 Å². The highest BCUT2D eigenvalue weighted by atomic mass is 79.9. The van der Waals surface area contributed by atoms with Crippen molar-refractivity contribution in [3.8, 4) is 5.75 Å². The van der Waals surface area contributed by atoms with Crippen LogP contribution >= 0.6 is 27.3 Å². The Kier molecular flexibility index (Phi) is 4.62. The first-order valence-corrected chi connectivity index (χ1v) is 8.61. The first-order chi connectivity index (χ1) is 10.1. The van der Waals surface area contributed by atoms with Crippen molar-refractivity contribution >= 4 is 27.3 Å². The lowest BCUT2D eigenvalue weighted by atomic mass is 10.2. The molecule has 2 nitrogen and oxygen atoms in total. The Labute approximate surface area is 136 Å². The second kappa shape index (κ2) is 6.46. The van der Waals surface area contributed by atoms with E-state index in [-0.39, 0.29) is 5.82 Å². The van der Waals surface area contributed by atoms with Gasteiger partial charge in [0.1, 0.15) is 18.2 Å². The maximum atomic E-state index is 13.3. The summed E-state index contributed by atoms with van der Waals surface area (Å²) in [5.41, 5.74) is 1.17. The van der Waals surface area contributed by atoms with E-state index in [0.29, 0.717) is 16.8 Å². The Hall–Kier alpha value is -0.910. The van der Waals surface area contributed by atoms with Crippen LogP contribution in [-0.2, 0) is 13.2 Å². The Balaban J connectivity index is 1.61. The second-order valence-electron chi connectivity index (χ2n) is 5.34. The number of rotatable bonds is 6. The molecule has 1 N–H and O–H groups in total. The van der Waals surface area contributed by atoms with Crippen LogP contribution in [0.4, 0.5) is 4.39 Å². The molecule has 21 heavy (non-hydrogen) atoms. The molecule has 0 bridgehead atoms. The van der Waals surface area contributed by atoms with Gasteiger partial charge in [-0.1, -0.05) is 15.9 Å². The van der Waals surface area contributed by atoms with Gasteiger partial charge in [0.2, 0.25) is 0 Å². The van der Waals surface area contributed by atoms with Gasteiger partial charge >= 0.3 is 0 Å². The smallest absolute Gasteiger partial charge is 0.128 e. The summed E-state index contributed by atoms with van der Waals surface area (Å²) in [6.45, 7) is 3.51. The van der Waals surface area contributed by atoms with Crippen molar-refractivity contribution in [1.29, 1.82) is 0 Å². The van der Waals surface area contributed by atoms with Crippen LogP contribution in [0.1, 0.15) is 28.2 Å². The van der Waals surface area contributed by atoms with Gasteiger partial charge in [-0.3, -0.25) is 0 Å². The van der Waals surface area contributed by atoms with Gasteiger partial charge in [0.25, 0.3) is 0 Å². The summed E-state index contributed by atoms with van der Waals surface area (Å²) < 4.78 is 19.7. The van der Waals surface area contributed by atoms with Crippen LogP contribution in [-0.4, -0.2) is 6.04 Å². The van der Waals surface area contributed by atoms with Crippen LogP contribution in [0.15, 0.2) is 28.7 Å². The van der Waals surface area contributed by atoms with Crippen molar-refractivity contribution in [3.05, 3.63) is 49.9 Å². The van der Waals surface area contributed by atoms with E-state index in [9.17, 15) is 4.39 Å². The second-order valence-corrected chi connectivity index (χ2v) is 7.60. The Morgan fingerprint density at radius 2 is 2.14 bits per heavy atom. The number of aryl methyl sites for hydroxylation is 1. The molecule has 1 aliphatic rings. The maximum Gasteiger partial charge on any atom is 0.128 e. The number of hydrogen-bond acceptors (Lipinski definition) is 3. The zero-order chi connectivity index (χ0) is 14.8. The molecule has 1 aliphatic carbocycles. The minimum Gasteiger partial charge on any atom is -0.489 e. The number of hydrogen-bond donors (Lipinski definition) is 1.